The summed E-state index contributed by atoms with van der Waals surface area (Å²) in [4.78, 5) is 0. The molecular formula is C18H34. The largest absolute Gasteiger partial charge is 0.0996 e. The number of allylic oxidation sites excluding steroid dienone is 1. The highest BCUT2D eigenvalue weighted by molar-refractivity contribution is 5.05. The van der Waals surface area contributed by atoms with Gasteiger partial charge in [-0.15, -0.1) is 0 Å². The van der Waals surface area contributed by atoms with Crippen LogP contribution in [0.4, 0.5) is 0 Å². The van der Waals surface area contributed by atoms with Gasteiger partial charge in [-0.05, 0) is 55.8 Å². The summed E-state index contributed by atoms with van der Waals surface area (Å²) in [6, 6.07) is 0. The van der Waals surface area contributed by atoms with Crippen molar-refractivity contribution < 1.29 is 0 Å². The molecule has 0 bridgehead atoms. The van der Waals surface area contributed by atoms with Crippen molar-refractivity contribution in [3.8, 4) is 0 Å². The highest BCUT2D eigenvalue weighted by Gasteiger charge is 2.24. The lowest BCUT2D eigenvalue weighted by atomic mass is 9.74. The van der Waals surface area contributed by atoms with Gasteiger partial charge < -0.3 is 0 Å². The summed E-state index contributed by atoms with van der Waals surface area (Å²) >= 11 is 0. The van der Waals surface area contributed by atoms with E-state index in [9.17, 15) is 0 Å². The van der Waals surface area contributed by atoms with Crippen molar-refractivity contribution in [1.29, 1.82) is 0 Å². The van der Waals surface area contributed by atoms with E-state index in [0.29, 0.717) is 0 Å². The Hall–Kier alpha value is -0.260. The van der Waals surface area contributed by atoms with Gasteiger partial charge in [-0.1, -0.05) is 59.1 Å². The molecule has 0 heteroatoms. The smallest absolute Gasteiger partial charge is 0.0180 e. The van der Waals surface area contributed by atoms with Crippen LogP contribution in [0.5, 0.6) is 0 Å². The average Bonchev–Trinajstić information content (AvgIpc) is 2.28. The second-order valence-electron chi connectivity index (χ2n) is 6.95. The molecule has 0 spiro atoms. The Labute approximate surface area is 115 Å². The molecule has 1 aliphatic rings. The van der Waals surface area contributed by atoms with Gasteiger partial charge in [0.25, 0.3) is 0 Å². The summed E-state index contributed by atoms with van der Waals surface area (Å²) in [5, 5.41) is 0. The van der Waals surface area contributed by atoms with Gasteiger partial charge in [-0.2, -0.15) is 0 Å². The molecule has 0 aromatic heterocycles. The highest BCUT2D eigenvalue weighted by atomic mass is 14.3. The van der Waals surface area contributed by atoms with Crippen molar-refractivity contribution in [3.05, 3.63) is 12.2 Å². The van der Waals surface area contributed by atoms with E-state index in [-0.39, 0.29) is 0 Å². The molecule has 0 N–H and O–H groups in total. The van der Waals surface area contributed by atoms with Crippen molar-refractivity contribution >= 4 is 0 Å². The third-order valence-electron chi connectivity index (χ3n) is 4.93. The lowest BCUT2D eigenvalue weighted by Gasteiger charge is -2.32. The van der Waals surface area contributed by atoms with Crippen molar-refractivity contribution in [2.24, 2.45) is 23.7 Å². The second kappa shape index (κ2) is 8.02. The van der Waals surface area contributed by atoms with Crippen LogP contribution in [0, 0.1) is 23.7 Å². The zero-order chi connectivity index (χ0) is 13.5. The van der Waals surface area contributed by atoms with Gasteiger partial charge in [0.1, 0.15) is 0 Å². The van der Waals surface area contributed by atoms with E-state index in [0.717, 1.165) is 23.7 Å². The van der Waals surface area contributed by atoms with Crippen molar-refractivity contribution in [2.45, 2.75) is 79.1 Å². The number of hydrogen-bond acceptors (Lipinski definition) is 0. The minimum atomic E-state index is 0.822. The number of rotatable bonds is 7. The molecule has 0 nitrogen and oxygen atoms in total. The van der Waals surface area contributed by atoms with Gasteiger partial charge in [0.2, 0.25) is 0 Å². The van der Waals surface area contributed by atoms with Crippen LogP contribution in [-0.2, 0) is 0 Å². The molecule has 18 heavy (non-hydrogen) atoms. The fourth-order valence-corrected chi connectivity index (χ4v) is 3.81. The average molecular weight is 250 g/mol. The maximum absolute atomic E-state index is 4.31. The zero-order valence-electron chi connectivity index (χ0n) is 13.2. The Balaban J connectivity index is 2.28. The molecule has 3 unspecified atom stereocenters. The highest BCUT2D eigenvalue weighted by Crippen LogP contribution is 2.37. The molecule has 1 aliphatic carbocycles. The standard InChI is InChI=1S/C18H34/c1-6-8-14(2)13-15(3)11-12-18-16(4)9-7-10-17(18)5/h14-15,17-18H,4,6-13H2,1-3,5H3/t14?,15?,17-,18?/m0/s1. The summed E-state index contributed by atoms with van der Waals surface area (Å²) in [5.41, 5.74) is 1.54. The molecule has 0 aromatic rings. The zero-order valence-corrected chi connectivity index (χ0v) is 13.2. The van der Waals surface area contributed by atoms with Crippen molar-refractivity contribution in [3.63, 3.8) is 0 Å². The van der Waals surface area contributed by atoms with Crippen LogP contribution in [0.2, 0.25) is 0 Å². The summed E-state index contributed by atoms with van der Waals surface area (Å²) in [6.45, 7) is 13.9. The summed E-state index contributed by atoms with van der Waals surface area (Å²) in [5.74, 6) is 3.51. The summed E-state index contributed by atoms with van der Waals surface area (Å²) in [7, 11) is 0. The molecule has 1 fully saturated rings. The topological polar surface area (TPSA) is 0 Å². The molecular weight excluding hydrogens is 216 g/mol. The van der Waals surface area contributed by atoms with Crippen LogP contribution in [0.3, 0.4) is 0 Å². The first-order valence-corrected chi connectivity index (χ1v) is 8.22. The van der Waals surface area contributed by atoms with E-state index in [1.807, 2.05) is 0 Å². The quantitative estimate of drug-likeness (QED) is 0.470. The van der Waals surface area contributed by atoms with Crippen molar-refractivity contribution in [2.75, 3.05) is 0 Å². The first-order valence-electron chi connectivity index (χ1n) is 8.22. The SMILES string of the molecule is C=C1CCC[C@H](C)C1CCC(C)CC(C)CCC. The van der Waals surface area contributed by atoms with Gasteiger partial charge in [0.05, 0.1) is 0 Å². The third kappa shape index (κ3) is 5.16. The number of hydrogen-bond donors (Lipinski definition) is 0. The van der Waals surface area contributed by atoms with Crippen LogP contribution in [0.15, 0.2) is 12.2 Å². The molecule has 1 rings (SSSR count). The van der Waals surface area contributed by atoms with Gasteiger partial charge in [-0.3, -0.25) is 0 Å². The predicted octanol–water partition coefficient (Wildman–Crippen LogP) is 6.22. The molecule has 0 heterocycles. The van der Waals surface area contributed by atoms with Crippen LogP contribution < -0.4 is 0 Å². The monoisotopic (exact) mass is 250 g/mol. The van der Waals surface area contributed by atoms with E-state index in [1.54, 1.807) is 5.57 Å². The fourth-order valence-electron chi connectivity index (χ4n) is 3.81. The maximum atomic E-state index is 4.31. The minimum absolute atomic E-state index is 0.822. The Bertz CT molecular complexity index is 240. The summed E-state index contributed by atoms with van der Waals surface area (Å²) in [6.07, 6.45) is 11.0. The van der Waals surface area contributed by atoms with E-state index in [4.69, 9.17) is 0 Å². The van der Waals surface area contributed by atoms with Crippen LogP contribution >= 0.6 is 0 Å². The third-order valence-corrected chi connectivity index (χ3v) is 4.93. The predicted molar refractivity (Wildman–Crippen MR) is 82.7 cm³/mol. The minimum Gasteiger partial charge on any atom is -0.0996 e. The fraction of sp³-hybridized carbons (Fsp3) is 0.889. The molecule has 0 saturated heterocycles. The van der Waals surface area contributed by atoms with Crippen LogP contribution in [-0.4, -0.2) is 0 Å². The van der Waals surface area contributed by atoms with E-state index >= 15 is 0 Å². The molecule has 4 atom stereocenters. The second-order valence-corrected chi connectivity index (χ2v) is 6.95. The molecule has 106 valence electrons. The molecule has 0 radical (unpaired) electrons. The normalized spacial score (nSPS) is 28.1. The lowest BCUT2D eigenvalue weighted by molar-refractivity contribution is 0.278. The molecule has 1 saturated carbocycles. The lowest BCUT2D eigenvalue weighted by Crippen LogP contribution is -2.20. The van der Waals surface area contributed by atoms with Crippen molar-refractivity contribution in [1.82, 2.24) is 0 Å². The Morgan fingerprint density at radius 3 is 2.50 bits per heavy atom. The van der Waals surface area contributed by atoms with E-state index < -0.39 is 0 Å². The molecule has 0 aliphatic heterocycles. The van der Waals surface area contributed by atoms with Gasteiger partial charge in [0, 0.05) is 0 Å². The van der Waals surface area contributed by atoms with E-state index in [2.05, 4.69) is 34.3 Å². The Morgan fingerprint density at radius 2 is 1.89 bits per heavy atom. The summed E-state index contributed by atoms with van der Waals surface area (Å²) < 4.78 is 0. The van der Waals surface area contributed by atoms with E-state index in [1.165, 1.54) is 51.4 Å². The molecule has 0 aromatic carbocycles. The Kier molecular flexibility index (Phi) is 7.04. The van der Waals surface area contributed by atoms with Gasteiger partial charge >= 0.3 is 0 Å². The molecule has 0 amide bonds. The first kappa shape index (κ1) is 15.8. The van der Waals surface area contributed by atoms with Gasteiger partial charge in [0.15, 0.2) is 0 Å². The Morgan fingerprint density at radius 1 is 1.22 bits per heavy atom. The maximum Gasteiger partial charge on any atom is -0.0180 e. The first-order chi connectivity index (χ1) is 8.54. The van der Waals surface area contributed by atoms with Gasteiger partial charge in [-0.25, -0.2) is 0 Å². The van der Waals surface area contributed by atoms with Crippen LogP contribution in [0.25, 0.3) is 0 Å². The van der Waals surface area contributed by atoms with Crippen LogP contribution in [0.1, 0.15) is 79.1 Å².